The van der Waals surface area contributed by atoms with Crippen LogP contribution in [0, 0.1) is 5.92 Å². The second-order valence-electron chi connectivity index (χ2n) is 6.65. The van der Waals surface area contributed by atoms with Crippen molar-refractivity contribution < 1.29 is 4.74 Å². The SMILES string of the molecule is CCN1CCCC(CN)(N(C)CC2CCOCC2)CC1. The lowest BCUT2D eigenvalue weighted by atomic mass is 9.87. The van der Waals surface area contributed by atoms with Crippen LogP contribution in [0.5, 0.6) is 0 Å². The summed E-state index contributed by atoms with van der Waals surface area (Å²) in [4.78, 5) is 5.15. The van der Waals surface area contributed by atoms with Crippen LogP contribution in [0.2, 0.25) is 0 Å². The molecule has 20 heavy (non-hydrogen) atoms. The molecule has 0 saturated carbocycles. The topological polar surface area (TPSA) is 41.7 Å². The lowest BCUT2D eigenvalue weighted by Crippen LogP contribution is -2.54. The molecular formula is C16H33N3O. The molecule has 0 radical (unpaired) electrons. The van der Waals surface area contributed by atoms with Gasteiger partial charge < -0.3 is 15.4 Å². The molecule has 4 nitrogen and oxygen atoms in total. The summed E-state index contributed by atoms with van der Waals surface area (Å²) in [7, 11) is 2.30. The summed E-state index contributed by atoms with van der Waals surface area (Å²) in [5, 5.41) is 0. The maximum atomic E-state index is 6.22. The summed E-state index contributed by atoms with van der Waals surface area (Å²) in [5.41, 5.74) is 6.44. The molecule has 2 N–H and O–H groups in total. The van der Waals surface area contributed by atoms with Gasteiger partial charge in [0.05, 0.1) is 0 Å². The molecule has 0 aromatic carbocycles. The van der Waals surface area contributed by atoms with Crippen LogP contribution in [0.1, 0.15) is 39.0 Å². The van der Waals surface area contributed by atoms with E-state index in [9.17, 15) is 0 Å². The van der Waals surface area contributed by atoms with Gasteiger partial charge in [-0.05, 0) is 64.7 Å². The van der Waals surface area contributed by atoms with Crippen molar-refractivity contribution in [3.05, 3.63) is 0 Å². The molecule has 118 valence electrons. The van der Waals surface area contributed by atoms with Crippen LogP contribution in [-0.2, 0) is 4.74 Å². The predicted molar refractivity (Wildman–Crippen MR) is 83.9 cm³/mol. The van der Waals surface area contributed by atoms with Gasteiger partial charge >= 0.3 is 0 Å². The number of likely N-dealkylation sites (N-methyl/N-ethyl adjacent to an activating group) is 1. The molecule has 2 aliphatic heterocycles. The second-order valence-corrected chi connectivity index (χ2v) is 6.65. The van der Waals surface area contributed by atoms with Crippen molar-refractivity contribution in [2.75, 3.05) is 53.0 Å². The molecule has 4 heteroatoms. The van der Waals surface area contributed by atoms with Gasteiger partial charge in [0.2, 0.25) is 0 Å². The maximum absolute atomic E-state index is 6.22. The van der Waals surface area contributed by atoms with E-state index in [1.165, 1.54) is 58.3 Å². The number of ether oxygens (including phenoxy) is 1. The Bertz CT molecular complexity index is 281. The standard InChI is InChI=1S/C16H33N3O/c1-3-19-9-4-7-16(14-17,8-10-19)18(2)13-15-5-11-20-12-6-15/h15H,3-14,17H2,1-2H3. The van der Waals surface area contributed by atoms with Crippen molar-refractivity contribution in [2.24, 2.45) is 11.7 Å². The summed E-state index contributed by atoms with van der Waals surface area (Å²) in [5.74, 6) is 0.794. The van der Waals surface area contributed by atoms with E-state index in [-0.39, 0.29) is 5.54 Å². The number of nitrogens with zero attached hydrogens (tertiary/aromatic N) is 2. The van der Waals surface area contributed by atoms with Gasteiger partial charge in [-0.3, -0.25) is 4.90 Å². The summed E-state index contributed by atoms with van der Waals surface area (Å²) in [6, 6.07) is 0. The van der Waals surface area contributed by atoms with Crippen LogP contribution in [0.4, 0.5) is 0 Å². The minimum Gasteiger partial charge on any atom is -0.381 e. The van der Waals surface area contributed by atoms with Gasteiger partial charge in [0.15, 0.2) is 0 Å². The largest absolute Gasteiger partial charge is 0.381 e. The summed E-state index contributed by atoms with van der Waals surface area (Å²) in [6.45, 7) is 9.74. The monoisotopic (exact) mass is 283 g/mol. The highest BCUT2D eigenvalue weighted by molar-refractivity contribution is 4.94. The van der Waals surface area contributed by atoms with E-state index in [4.69, 9.17) is 10.5 Å². The second kappa shape index (κ2) is 7.74. The first-order chi connectivity index (χ1) is 9.70. The van der Waals surface area contributed by atoms with E-state index >= 15 is 0 Å². The zero-order valence-corrected chi connectivity index (χ0v) is 13.4. The fourth-order valence-electron chi connectivity index (χ4n) is 3.80. The van der Waals surface area contributed by atoms with Gasteiger partial charge in [0.1, 0.15) is 0 Å². The van der Waals surface area contributed by atoms with Crippen molar-refractivity contribution in [1.29, 1.82) is 0 Å². The van der Waals surface area contributed by atoms with Gasteiger partial charge in [0, 0.05) is 31.8 Å². The highest BCUT2D eigenvalue weighted by Gasteiger charge is 2.35. The minimum absolute atomic E-state index is 0.224. The Kier molecular flexibility index (Phi) is 6.27. The Morgan fingerprint density at radius 1 is 1.25 bits per heavy atom. The third-order valence-corrected chi connectivity index (χ3v) is 5.52. The van der Waals surface area contributed by atoms with E-state index in [2.05, 4.69) is 23.8 Å². The highest BCUT2D eigenvalue weighted by atomic mass is 16.5. The van der Waals surface area contributed by atoms with Gasteiger partial charge in [-0.15, -0.1) is 0 Å². The molecule has 0 amide bonds. The van der Waals surface area contributed by atoms with Crippen LogP contribution >= 0.6 is 0 Å². The fraction of sp³-hybridized carbons (Fsp3) is 1.00. The Morgan fingerprint density at radius 2 is 2.00 bits per heavy atom. The van der Waals surface area contributed by atoms with Crippen LogP contribution in [-0.4, -0.2) is 68.3 Å². The summed E-state index contributed by atoms with van der Waals surface area (Å²) >= 11 is 0. The third kappa shape index (κ3) is 3.94. The molecule has 1 unspecified atom stereocenters. The highest BCUT2D eigenvalue weighted by Crippen LogP contribution is 2.29. The first kappa shape index (κ1) is 16.2. The average Bonchev–Trinajstić information content (AvgIpc) is 2.71. The smallest absolute Gasteiger partial charge is 0.0469 e. The Hall–Kier alpha value is -0.160. The van der Waals surface area contributed by atoms with E-state index in [1.54, 1.807) is 0 Å². The summed E-state index contributed by atoms with van der Waals surface area (Å²) < 4.78 is 5.48. The van der Waals surface area contributed by atoms with Gasteiger partial charge in [-0.2, -0.15) is 0 Å². The first-order valence-corrected chi connectivity index (χ1v) is 8.41. The normalized spacial score (nSPS) is 30.6. The Labute approximate surface area is 124 Å². The molecular weight excluding hydrogens is 250 g/mol. The maximum Gasteiger partial charge on any atom is 0.0469 e. The minimum atomic E-state index is 0.224. The molecule has 2 fully saturated rings. The summed E-state index contributed by atoms with van der Waals surface area (Å²) in [6.07, 6.45) is 6.18. The molecule has 2 aliphatic rings. The van der Waals surface area contributed by atoms with Crippen molar-refractivity contribution in [2.45, 2.75) is 44.6 Å². The molecule has 0 aromatic rings. The van der Waals surface area contributed by atoms with Crippen LogP contribution in [0.3, 0.4) is 0 Å². The molecule has 2 rings (SSSR count). The zero-order valence-electron chi connectivity index (χ0n) is 13.4. The van der Waals surface area contributed by atoms with E-state index in [1.807, 2.05) is 0 Å². The van der Waals surface area contributed by atoms with E-state index in [0.717, 1.165) is 25.7 Å². The van der Waals surface area contributed by atoms with E-state index in [0.29, 0.717) is 0 Å². The quantitative estimate of drug-likeness (QED) is 0.831. The number of rotatable bonds is 5. The van der Waals surface area contributed by atoms with Crippen LogP contribution < -0.4 is 5.73 Å². The molecule has 1 atom stereocenters. The predicted octanol–water partition coefficient (Wildman–Crippen LogP) is 1.55. The zero-order chi connectivity index (χ0) is 14.4. The van der Waals surface area contributed by atoms with Crippen LogP contribution in [0.15, 0.2) is 0 Å². The average molecular weight is 283 g/mol. The van der Waals surface area contributed by atoms with Gasteiger partial charge in [-0.1, -0.05) is 6.92 Å². The van der Waals surface area contributed by atoms with Gasteiger partial charge in [0.25, 0.3) is 0 Å². The van der Waals surface area contributed by atoms with Gasteiger partial charge in [-0.25, -0.2) is 0 Å². The number of likely N-dealkylation sites (tertiary alicyclic amines) is 1. The van der Waals surface area contributed by atoms with Crippen molar-refractivity contribution in [1.82, 2.24) is 9.80 Å². The number of hydrogen-bond donors (Lipinski definition) is 1. The first-order valence-electron chi connectivity index (χ1n) is 8.41. The number of hydrogen-bond acceptors (Lipinski definition) is 4. The lowest BCUT2D eigenvalue weighted by molar-refractivity contribution is 0.0298. The van der Waals surface area contributed by atoms with Crippen molar-refractivity contribution in [3.8, 4) is 0 Å². The Morgan fingerprint density at radius 3 is 2.65 bits per heavy atom. The van der Waals surface area contributed by atoms with Crippen LogP contribution in [0.25, 0.3) is 0 Å². The lowest BCUT2D eigenvalue weighted by Gasteiger charge is -2.43. The van der Waals surface area contributed by atoms with Crippen molar-refractivity contribution in [3.63, 3.8) is 0 Å². The molecule has 0 aliphatic carbocycles. The van der Waals surface area contributed by atoms with Crippen molar-refractivity contribution >= 4 is 0 Å². The Balaban J connectivity index is 1.93. The third-order valence-electron chi connectivity index (χ3n) is 5.52. The fourth-order valence-corrected chi connectivity index (χ4v) is 3.80. The molecule has 0 bridgehead atoms. The molecule has 0 spiro atoms. The molecule has 2 heterocycles. The number of nitrogens with two attached hydrogens (primary N) is 1. The molecule has 2 saturated heterocycles. The van der Waals surface area contributed by atoms with E-state index < -0.39 is 0 Å². The molecule has 0 aromatic heterocycles.